The van der Waals surface area contributed by atoms with Crippen LogP contribution < -0.4 is 0 Å². The molecule has 0 atom stereocenters. The Hall–Kier alpha value is -2.45. The summed E-state index contributed by atoms with van der Waals surface area (Å²) in [5.41, 5.74) is 0.395. The van der Waals surface area contributed by atoms with E-state index in [0.29, 0.717) is 0 Å². The number of rotatable bonds is 2. The van der Waals surface area contributed by atoms with Crippen molar-refractivity contribution in [2.24, 2.45) is 0 Å². The van der Waals surface area contributed by atoms with Gasteiger partial charge in [0.1, 0.15) is 11.0 Å². The molecule has 0 radical (unpaired) electrons. The Kier molecular flexibility index (Phi) is 3.45. The van der Waals surface area contributed by atoms with E-state index in [1.54, 1.807) is 0 Å². The van der Waals surface area contributed by atoms with Crippen molar-refractivity contribution in [3.05, 3.63) is 52.6 Å². The number of pyridine rings is 1. The molecule has 2 rings (SSSR count). The lowest BCUT2D eigenvalue weighted by Crippen LogP contribution is -2.00. The molecule has 0 spiro atoms. The highest BCUT2D eigenvalue weighted by Crippen LogP contribution is 2.26. The molecule has 0 bridgehead atoms. The first-order valence-corrected chi connectivity index (χ1v) is 5.49. The molecule has 0 aliphatic carbocycles. The second kappa shape index (κ2) is 5.04. The lowest BCUT2D eigenvalue weighted by Gasteiger charge is -2.06. The number of benzene rings is 1. The predicted molar refractivity (Wildman–Crippen MR) is 66.3 cm³/mol. The number of aromatic carboxylic acids is 1. The van der Waals surface area contributed by atoms with Crippen LogP contribution in [-0.4, -0.2) is 16.1 Å². The molecule has 4 nitrogen and oxygen atoms in total. The van der Waals surface area contributed by atoms with Crippen LogP contribution in [0.2, 0.25) is 5.15 Å². The van der Waals surface area contributed by atoms with Crippen molar-refractivity contribution >= 4 is 17.6 Å². The third kappa shape index (κ3) is 2.54. The van der Waals surface area contributed by atoms with E-state index >= 15 is 0 Å². The van der Waals surface area contributed by atoms with Crippen LogP contribution >= 0.6 is 11.6 Å². The molecule has 1 heterocycles. The molecule has 0 aliphatic rings. The molecule has 0 unspecified atom stereocenters. The number of nitrogens with zero attached hydrogens (tertiary/aromatic N) is 2. The van der Waals surface area contributed by atoms with Crippen molar-refractivity contribution in [2.45, 2.75) is 0 Å². The van der Waals surface area contributed by atoms with Crippen molar-refractivity contribution in [3.8, 4) is 17.2 Å². The molecule has 0 amide bonds. The van der Waals surface area contributed by atoms with Gasteiger partial charge in [-0.3, -0.25) is 0 Å². The summed E-state index contributed by atoms with van der Waals surface area (Å²) >= 11 is 5.64. The molecule has 0 fully saturated rings. The Balaban J connectivity index is 2.63. The Morgan fingerprint density at radius 1 is 1.42 bits per heavy atom. The van der Waals surface area contributed by atoms with Gasteiger partial charge in [0.25, 0.3) is 0 Å². The normalized spacial score (nSPS) is 9.95. The fraction of sp³-hybridized carbons (Fsp3) is 0. The maximum atomic E-state index is 13.7. The number of carbonyl (C=O) groups is 1. The van der Waals surface area contributed by atoms with E-state index in [1.807, 2.05) is 6.07 Å². The first-order chi connectivity index (χ1) is 9.02. The summed E-state index contributed by atoms with van der Waals surface area (Å²) in [5.74, 6) is -1.82. The smallest absolute Gasteiger partial charge is 0.338 e. The predicted octanol–water partition coefficient (Wildman–Crippen LogP) is 3.11. The van der Waals surface area contributed by atoms with Gasteiger partial charge in [-0.1, -0.05) is 11.6 Å². The van der Waals surface area contributed by atoms with Gasteiger partial charge in [-0.2, -0.15) is 5.26 Å². The van der Waals surface area contributed by atoms with Crippen molar-refractivity contribution in [1.82, 2.24) is 4.98 Å². The minimum absolute atomic E-state index is 0.103. The van der Waals surface area contributed by atoms with Crippen LogP contribution in [0.3, 0.4) is 0 Å². The quantitative estimate of drug-likeness (QED) is 0.855. The highest BCUT2D eigenvalue weighted by molar-refractivity contribution is 6.32. The van der Waals surface area contributed by atoms with E-state index < -0.39 is 11.8 Å². The van der Waals surface area contributed by atoms with Gasteiger partial charge in [0.2, 0.25) is 0 Å². The zero-order valence-corrected chi connectivity index (χ0v) is 10.1. The monoisotopic (exact) mass is 276 g/mol. The van der Waals surface area contributed by atoms with Gasteiger partial charge in [-0.15, -0.1) is 0 Å². The van der Waals surface area contributed by atoms with Gasteiger partial charge in [0, 0.05) is 17.3 Å². The standard InChI is InChI=1S/C13H6ClFN2O2/c14-12-10(13(18)19)4-8(6-17-12)9-3-7(5-16)1-2-11(9)15/h1-4,6H,(H,18,19). The number of halogens is 2. The van der Waals surface area contributed by atoms with Crippen LogP contribution in [0, 0.1) is 17.1 Å². The SMILES string of the molecule is N#Cc1ccc(F)c(-c2cnc(Cl)c(C(=O)O)c2)c1. The van der Waals surface area contributed by atoms with E-state index in [-0.39, 0.29) is 27.4 Å². The number of hydrogen-bond acceptors (Lipinski definition) is 3. The molecule has 1 aromatic carbocycles. The van der Waals surface area contributed by atoms with Crippen LogP contribution in [0.4, 0.5) is 4.39 Å². The zero-order valence-electron chi connectivity index (χ0n) is 9.39. The van der Waals surface area contributed by atoms with Gasteiger partial charge in [0.05, 0.1) is 17.2 Å². The van der Waals surface area contributed by atoms with Crippen molar-refractivity contribution < 1.29 is 14.3 Å². The summed E-state index contributed by atoms with van der Waals surface area (Å²) in [6.07, 6.45) is 1.26. The molecule has 0 saturated heterocycles. The van der Waals surface area contributed by atoms with Gasteiger partial charge in [0.15, 0.2) is 0 Å². The minimum Gasteiger partial charge on any atom is -0.478 e. The van der Waals surface area contributed by atoms with Crippen molar-refractivity contribution in [3.63, 3.8) is 0 Å². The van der Waals surface area contributed by atoms with E-state index in [2.05, 4.69) is 4.98 Å². The largest absolute Gasteiger partial charge is 0.478 e. The van der Waals surface area contributed by atoms with Gasteiger partial charge in [-0.25, -0.2) is 14.2 Å². The van der Waals surface area contributed by atoms with Crippen LogP contribution in [-0.2, 0) is 0 Å². The molecule has 0 saturated carbocycles. The van der Waals surface area contributed by atoms with Gasteiger partial charge in [-0.05, 0) is 24.3 Å². The summed E-state index contributed by atoms with van der Waals surface area (Å²) in [6.45, 7) is 0. The summed E-state index contributed by atoms with van der Waals surface area (Å²) in [5, 5.41) is 17.5. The van der Waals surface area contributed by atoms with Gasteiger partial charge < -0.3 is 5.11 Å². The Morgan fingerprint density at radius 3 is 2.79 bits per heavy atom. The van der Waals surface area contributed by atoms with E-state index in [4.69, 9.17) is 22.0 Å². The number of hydrogen-bond donors (Lipinski definition) is 1. The molecular formula is C13H6ClFN2O2. The van der Waals surface area contributed by atoms with E-state index in [9.17, 15) is 9.18 Å². The molecule has 2 aromatic rings. The number of carboxylic acid groups (broad SMARTS) is 1. The summed E-state index contributed by atoms with van der Waals surface area (Å²) in [6, 6.07) is 6.90. The van der Waals surface area contributed by atoms with Gasteiger partial charge >= 0.3 is 5.97 Å². The lowest BCUT2D eigenvalue weighted by molar-refractivity contribution is 0.0696. The lowest BCUT2D eigenvalue weighted by atomic mass is 10.0. The molecular weight excluding hydrogens is 271 g/mol. The van der Waals surface area contributed by atoms with Crippen LogP contribution in [0.1, 0.15) is 15.9 Å². The zero-order chi connectivity index (χ0) is 14.0. The van der Waals surface area contributed by atoms with Crippen LogP contribution in [0.15, 0.2) is 30.5 Å². The first-order valence-electron chi connectivity index (χ1n) is 5.12. The molecule has 6 heteroatoms. The third-order valence-corrected chi connectivity index (χ3v) is 2.78. The molecule has 1 aromatic heterocycles. The Bertz CT molecular complexity index is 710. The highest BCUT2D eigenvalue weighted by Gasteiger charge is 2.14. The number of carboxylic acids is 1. The van der Waals surface area contributed by atoms with E-state index in [0.717, 1.165) is 6.07 Å². The van der Waals surface area contributed by atoms with E-state index in [1.165, 1.54) is 24.4 Å². The number of aromatic nitrogens is 1. The summed E-state index contributed by atoms with van der Waals surface area (Å²) in [7, 11) is 0. The number of nitriles is 1. The van der Waals surface area contributed by atoms with Crippen LogP contribution in [0.25, 0.3) is 11.1 Å². The molecule has 0 aliphatic heterocycles. The summed E-state index contributed by atoms with van der Waals surface area (Å²) < 4.78 is 13.7. The minimum atomic E-state index is -1.25. The molecule has 19 heavy (non-hydrogen) atoms. The van der Waals surface area contributed by atoms with Crippen LogP contribution in [0.5, 0.6) is 0 Å². The van der Waals surface area contributed by atoms with Crippen molar-refractivity contribution in [2.75, 3.05) is 0 Å². The topological polar surface area (TPSA) is 74.0 Å². The molecule has 94 valence electrons. The molecule has 1 N–H and O–H groups in total. The fourth-order valence-corrected chi connectivity index (χ4v) is 1.75. The highest BCUT2D eigenvalue weighted by atomic mass is 35.5. The first kappa shape index (κ1) is 13.0. The third-order valence-electron chi connectivity index (χ3n) is 2.48. The second-order valence-electron chi connectivity index (χ2n) is 3.67. The second-order valence-corrected chi connectivity index (χ2v) is 4.03. The van der Waals surface area contributed by atoms with Crippen molar-refractivity contribution in [1.29, 1.82) is 5.26 Å². The maximum Gasteiger partial charge on any atom is 0.338 e. The average Bonchev–Trinajstić information content (AvgIpc) is 2.40. The summed E-state index contributed by atoms with van der Waals surface area (Å²) in [4.78, 5) is 14.7. The Morgan fingerprint density at radius 2 is 2.16 bits per heavy atom. The fourth-order valence-electron chi connectivity index (χ4n) is 1.56. The average molecular weight is 277 g/mol. The Labute approximate surface area is 112 Å². The maximum absolute atomic E-state index is 13.7.